The van der Waals surface area contributed by atoms with Crippen LogP contribution >= 0.6 is 11.5 Å². The Morgan fingerprint density at radius 1 is 1.19 bits per heavy atom. The van der Waals surface area contributed by atoms with Crippen LogP contribution < -0.4 is 5.32 Å². The molecule has 0 atom stereocenters. The van der Waals surface area contributed by atoms with E-state index in [-0.39, 0.29) is 0 Å². The van der Waals surface area contributed by atoms with Crippen LogP contribution in [-0.4, -0.2) is 18.9 Å². The molecule has 0 amide bonds. The van der Waals surface area contributed by atoms with Gasteiger partial charge in [-0.3, -0.25) is 0 Å². The van der Waals surface area contributed by atoms with Gasteiger partial charge in [0.05, 0.1) is 11.0 Å². The van der Waals surface area contributed by atoms with Gasteiger partial charge in [-0.15, -0.1) is 0 Å². The summed E-state index contributed by atoms with van der Waals surface area (Å²) in [5.74, 6) is 2.03. The van der Waals surface area contributed by atoms with Gasteiger partial charge >= 0.3 is 0 Å². The fourth-order valence-electron chi connectivity index (χ4n) is 2.90. The molecule has 108 valence electrons. The van der Waals surface area contributed by atoms with Gasteiger partial charge in [0.1, 0.15) is 11.6 Å². The predicted molar refractivity (Wildman–Crippen MR) is 85.2 cm³/mol. The number of hydrogen-bond acceptors (Lipinski definition) is 5. The van der Waals surface area contributed by atoms with Crippen molar-refractivity contribution in [3.05, 3.63) is 29.8 Å². The van der Waals surface area contributed by atoms with Gasteiger partial charge in [-0.25, -0.2) is 9.97 Å². The largest absolute Gasteiger partial charge is 0.330 e. The molecule has 3 aromatic rings. The molecule has 2 aromatic heterocycles. The van der Waals surface area contributed by atoms with E-state index < -0.39 is 0 Å². The third-order valence-electron chi connectivity index (χ3n) is 3.89. The minimum Gasteiger partial charge on any atom is -0.330 e. The lowest BCUT2D eigenvalue weighted by atomic mass is 10.2. The summed E-state index contributed by atoms with van der Waals surface area (Å²) in [7, 11) is 0. The first-order chi connectivity index (χ1) is 10.3. The average Bonchev–Trinajstić information content (AvgIpc) is 2.94. The highest BCUT2D eigenvalue weighted by Gasteiger charge is 2.13. The van der Waals surface area contributed by atoms with Crippen molar-refractivity contribution < 1.29 is 0 Å². The summed E-state index contributed by atoms with van der Waals surface area (Å²) in [5, 5.41) is 4.13. The van der Waals surface area contributed by atoms with Crippen molar-refractivity contribution in [2.45, 2.75) is 39.2 Å². The number of imidazole rings is 1. The van der Waals surface area contributed by atoms with Gasteiger partial charge in [0, 0.05) is 30.2 Å². The molecule has 0 saturated heterocycles. The molecule has 1 aliphatic heterocycles. The Balaban J connectivity index is 1.70. The van der Waals surface area contributed by atoms with E-state index >= 15 is 0 Å². The van der Waals surface area contributed by atoms with Gasteiger partial charge in [0.25, 0.3) is 0 Å². The number of benzene rings is 1. The molecule has 3 heterocycles. The minimum absolute atomic E-state index is 0.803. The molecule has 0 spiro atoms. The maximum Gasteiger partial charge on any atom is 0.207 e. The molecule has 4 rings (SSSR count). The molecule has 1 aromatic carbocycles. The first kappa shape index (κ1) is 12.8. The monoisotopic (exact) mass is 299 g/mol. The van der Waals surface area contributed by atoms with Crippen molar-refractivity contribution in [1.29, 1.82) is 0 Å². The molecule has 5 nitrogen and oxygen atoms in total. The normalized spacial score (nSPS) is 14.9. The highest BCUT2D eigenvalue weighted by atomic mass is 32.1. The van der Waals surface area contributed by atoms with Crippen LogP contribution in [-0.2, 0) is 13.0 Å². The van der Waals surface area contributed by atoms with E-state index in [1.165, 1.54) is 42.1 Å². The van der Waals surface area contributed by atoms with Crippen molar-refractivity contribution in [2.75, 3.05) is 5.32 Å². The molecular weight excluding hydrogens is 282 g/mol. The van der Waals surface area contributed by atoms with Crippen LogP contribution in [0, 0.1) is 6.92 Å². The third-order valence-corrected chi connectivity index (χ3v) is 4.61. The van der Waals surface area contributed by atoms with Gasteiger partial charge in [-0.2, -0.15) is 4.37 Å². The standard InChI is InChI=1S/C15H17N5S/c1-10-16-15(21-19-10)17-11-6-7-13-12(9-11)18-14-5-3-2-4-8-20(13)14/h6-7,9H,2-5,8H2,1H3,(H,16,17,19). The number of hydrogen-bond donors (Lipinski definition) is 1. The molecule has 6 heteroatoms. The summed E-state index contributed by atoms with van der Waals surface area (Å²) in [6.07, 6.45) is 4.90. The molecule has 0 aliphatic carbocycles. The van der Waals surface area contributed by atoms with Crippen molar-refractivity contribution in [2.24, 2.45) is 0 Å². The Morgan fingerprint density at radius 3 is 3.00 bits per heavy atom. The summed E-state index contributed by atoms with van der Waals surface area (Å²) in [6.45, 7) is 2.99. The van der Waals surface area contributed by atoms with Gasteiger partial charge < -0.3 is 9.88 Å². The number of rotatable bonds is 2. The smallest absolute Gasteiger partial charge is 0.207 e. The quantitative estimate of drug-likeness (QED) is 0.784. The average molecular weight is 299 g/mol. The fourth-order valence-corrected chi connectivity index (χ4v) is 3.49. The molecule has 1 aliphatic rings. The number of nitrogens with one attached hydrogen (secondary N) is 1. The molecule has 0 saturated carbocycles. The van der Waals surface area contributed by atoms with Gasteiger partial charge in [0.2, 0.25) is 5.13 Å². The SMILES string of the molecule is Cc1nsc(Nc2ccc3c(c2)nc2n3CCCCC2)n1. The number of aryl methyl sites for hydroxylation is 3. The van der Waals surface area contributed by atoms with E-state index in [2.05, 4.69) is 37.4 Å². The summed E-state index contributed by atoms with van der Waals surface area (Å²) in [6, 6.07) is 6.36. The van der Waals surface area contributed by atoms with Crippen LogP contribution in [0.2, 0.25) is 0 Å². The van der Waals surface area contributed by atoms with Crippen LogP contribution in [0.15, 0.2) is 18.2 Å². The van der Waals surface area contributed by atoms with Crippen LogP contribution in [0.4, 0.5) is 10.8 Å². The highest BCUT2D eigenvalue weighted by molar-refractivity contribution is 7.09. The van der Waals surface area contributed by atoms with E-state index in [4.69, 9.17) is 4.98 Å². The van der Waals surface area contributed by atoms with Crippen LogP contribution in [0.1, 0.15) is 30.9 Å². The zero-order valence-electron chi connectivity index (χ0n) is 12.0. The Hall–Kier alpha value is -1.95. The van der Waals surface area contributed by atoms with E-state index in [1.54, 1.807) is 0 Å². The van der Waals surface area contributed by atoms with E-state index in [0.29, 0.717) is 0 Å². The molecule has 0 unspecified atom stereocenters. The Labute approximate surface area is 127 Å². The van der Waals surface area contributed by atoms with E-state index in [1.807, 2.05) is 6.92 Å². The van der Waals surface area contributed by atoms with Crippen LogP contribution in [0.5, 0.6) is 0 Å². The molecule has 21 heavy (non-hydrogen) atoms. The molecule has 0 bridgehead atoms. The van der Waals surface area contributed by atoms with Crippen LogP contribution in [0.25, 0.3) is 11.0 Å². The summed E-state index contributed by atoms with van der Waals surface area (Å²) < 4.78 is 6.56. The molecule has 1 N–H and O–H groups in total. The maximum atomic E-state index is 4.81. The summed E-state index contributed by atoms with van der Waals surface area (Å²) in [4.78, 5) is 9.15. The highest BCUT2D eigenvalue weighted by Crippen LogP contribution is 2.26. The topological polar surface area (TPSA) is 55.6 Å². The van der Waals surface area contributed by atoms with Crippen molar-refractivity contribution in [3.8, 4) is 0 Å². The molecular formula is C15H17N5S. The predicted octanol–water partition coefficient (Wildman–Crippen LogP) is 3.67. The van der Waals surface area contributed by atoms with Crippen LogP contribution in [0.3, 0.4) is 0 Å². The Kier molecular flexibility index (Phi) is 3.11. The summed E-state index contributed by atoms with van der Waals surface area (Å²) >= 11 is 1.38. The van der Waals surface area contributed by atoms with Gasteiger partial charge in [-0.1, -0.05) is 6.42 Å². The zero-order chi connectivity index (χ0) is 14.2. The number of aromatic nitrogens is 4. The molecule has 0 radical (unpaired) electrons. The number of anilines is 2. The zero-order valence-corrected chi connectivity index (χ0v) is 12.8. The van der Waals surface area contributed by atoms with E-state index in [9.17, 15) is 0 Å². The van der Waals surface area contributed by atoms with Gasteiger partial charge in [0.15, 0.2) is 0 Å². The lowest BCUT2D eigenvalue weighted by molar-refractivity contribution is 0.647. The van der Waals surface area contributed by atoms with E-state index in [0.717, 1.165) is 35.1 Å². The maximum absolute atomic E-state index is 4.81. The fraction of sp³-hybridized carbons (Fsp3) is 0.400. The van der Waals surface area contributed by atoms with Gasteiger partial charge in [-0.05, 0) is 38.0 Å². The van der Waals surface area contributed by atoms with Crippen molar-refractivity contribution in [3.63, 3.8) is 0 Å². The lowest BCUT2D eigenvalue weighted by Gasteiger charge is -2.05. The van der Waals surface area contributed by atoms with Crippen molar-refractivity contribution >= 4 is 33.4 Å². The second kappa shape index (κ2) is 5.11. The lowest BCUT2D eigenvalue weighted by Crippen LogP contribution is -2.00. The molecule has 0 fully saturated rings. The third kappa shape index (κ3) is 2.40. The first-order valence-electron chi connectivity index (χ1n) is 7.36. The second-order valence-corrected chi connectivity index (χ2v) is 6.22. The number of nitrogens with zero attached hydrogens (tertiary/aromatic N) is 4. The second-order valence-electron chi connectivity index (χ2n) is 5.47. The Bertz CT molecular complexity index is 789. The van der Waals surface area contributed by atoms with Crippen molar-refractivity contribution in [1.82, 2.24) is 18.9 Å². The first-order valence-corrected chi connectivity index (χ1v) is 8.13. The summed E-state index contributed by atoms with van der Waals surface area (Å²) in [5.41, 5.74) is 3.33. The Morgan fingerprint density at radius 2 is 2.14 bits per heavy atom. The number of fused-ring (bicyclic) bond motifs is 3. The minimum atomic E-state index is 0.803.